The van der Waals surface area contributed by atoms with Crippen molar-refractivity contribution in [2.75, 3.05) is 51.8 Å². The third-order valence-corrected chi connectivity index (χ3v) is 5.96. The molecule has 0 spiro atoms. The maximum absolute atomic E-state index is 13.1. The Balaban J connectivity index is 1.33. The molecule has 32 heavy (non-hydrogen) atoms. The molecule has 1 aliphatic heterocycles. The summed E-state index contributed by atoms with van der Waals surface area (Å²) in [6.45, 7) is 7.41. The maximum atomic E-state index is 13.1. The molecule has 9 heteroatoms. The summed E-state index contributed by atoms with van der Waals surface area (Å²) >= 11 is 0. The van der Waals surface area contributed by atoms with Crippen molar-refractivity contribution in [3.63, 3.8) is 0 Å². The van der Waals surface area contributed by atoms with Gasteiger partial charge in [0.25, 0.3) is 5.56 Å². The number of piperazine rings is 1. The summed E-state index contributed by atoms with van der Waals surface area (Å²) in [7, 11) is 3.14. The molecule has 1 aromatic carbocycles. The van der Waals surface area contributed by atoms with E-state index in [1.54, 1.807) is 43.3 Å². The van der Waals surface area contributed by atoms with Crippen LogP contribution in [0.3, 0.4) is 0 Å². The molecule has 0 amide bonds. The van der Waals surface area contributed by atoms with Crippen LogP contribution in [0.15, 0.2) is 35.4 Å². The SMILES string of the molecule is COc1cc2nc(C)n(CCCCN3CCN(c4ncccn4)CC3)c(=O)c2cc1OC. The van der Waals surface area contributed by atoms with Crippen molar-refractivity contribution in [3.05, 3.63) is 46.8 Å². The summed E-state index contributed by atoms with van der Waals surface area (Å²) in [4.78, 5) is 31.1. The highest BCUT2D eigenvalue weighted by Gasteiger charge is 2.18. The normalized spacial score (nSPS) is 14.7. The van der Waals surface area contributed by atoms with Gasteiger partial charge >= 0.3 is 0 Å². The van der Waals surface area contributed by atoms with E-state index < -0.39 is 0 Å². The number of unbranched alkanes of at least 4 members (excludes halogenated alkanes) is 1. The van der Waals surface area contributed by atoms with E-state index in [2.05, 4.69) is 24.8 Å². The number of methoxy groups -OCH3 is 2. The van der Waals surface area contributed by atoms with E-state index in [4.69, 9.17) is 9.47 Å². The fraction of sp³-hybridized carbons (Fsp3) is 0.478. The Labute approximate surface area is 187 Å². The smallest absolute Gasteiger partial charge is 0.261 e. The molecule has 2 aromatic heterocycles. The average Bonchev–Trinajstić information content (AvgIpc) is 2.83. The highest BCUT2D eigenvalue weighted by molar-refractivity contribution is 5.82. The van der Waals surface area contributed by atoms with Gasteiger partial charge in [-0.1, -0.05) is 0 Å². The zero-order valence-electron chi connectivity index (χ0n) is 19.0. The summed E-state index contributed by atoms with van der Waals surface area (Å²) in [6, 6.07) is 5.31. The van der Waals surface area contributed by atoms with Crippen LogP contribution in [-0.4, -0.2) is 71.4 Å². The molecular formula is C23H30N6O3. The van der Waals surface area contributed by atoms with Gasteiger partial charge in [0.15, 0.2) is 11.5 Å². The van der Waals surface area contributed by atoms with Gasteiger partial charge in [0.2, 0.25) is 5.95 Å². The van der Waals surface area contributed by atoms with Crippen molar-refractivity contribution in [1.82, 2.24) is 24.4 Å². The highest BCUT2D eigenvalue weighted by Crippen LogP contribution is 2.30. The van der Waals surface area contributed by atoms with Crippen LogP contribution in [0.4, 0.5) is 5.95 Å². The lowest BCUT2D eigenvalue weighted by molar-refractivity contribution is 0.250. The summed E-state index contributed by atoms with van der Waals surface area (Å²) in [6.07, 6.45) is 5.51. The Morgan fingerprint density at radius 2 is 1.59 bits per heavy atom. The number of hydrogen-bond donors (Lipinski definition) is 0. The monoisotopic (exact) mass is 438 g/mol. The molecule has 0 saturated carbocycles. The first-order valence-electron chi connectivity index (χ1n) is 11.0. The van der Waals surface area contributed by atoms with Crippen molar-refractivity contribution >= 4 is 16.9 Å². The van der Waals surface area contributed by atoms with E-state index in [0.717, 1.165) is 51.5 Å². The van der Waals surface area contributed by atoms with Crippen LogP contribution in [0.25, 0.3) is 10.9 Å². The molecule has 170 valence electrons. The summed E-state index contributed by atoms with van der Waals surface area (Å²) in [5, 5.41) is 0.549. The van der Waals surface area contributed by atoms with Crippen LogP contribution >= 0.6 is 0 Å². The van der Waals surface area contributed by atoms with E-state index in [0.29, 0.717) is 34.8 Å². The van der Waals surface area contributed by atoms with Gasteiger partial charge in [0.05, 0.1) is 25.1 Å². The minimum absolute atomic E-state index is 0.0371. The lowest BCUT2D eigenvalue weighted by atomic mass is 10.2. The molecule has 3 aromatic rings. The molecule has 0 radical (unpaired) electrons. The number of hydrogen-bond acceptors (Lipinski definition) is 8. The first-order valence-corrected chi connectivity index (χ1v) is 11.0. The molecule has 0 aliphatic carbocycles. The van der Waals surface area contributed by atoms with E-state index >= 15 is 0 Å². The number of ether oxygens (including phenoxy) is 2. The third-order valence-electron chi connectivity index (χ3n) is 5.96. The Hall–Kier alpha value is -3.20. The van der Waals surface area contributed by atoms with Gasteiger partial charge in [-0.25, -0.2) is 15.0 Å². The molecule has 9 nitrogen and oxygen atoms in total. The first kappa shape index (κ1) is 22.0. The maximum Gasteiger partial charge on any atom is 0.261 e. The van der Waals surface area contributed by atoms with E-state index in [1.807, 2.05) is 13.0 Å². The topological polar surface area (TPSA) is 85.6 Å². The summed E-state index contributed by atoms with van der Waals surface area (Å²) < 4.78 is 12.5. The number of fused-ring (bicyclic) bond motifs is 1. The van der Waals surface area contributed by atoms with Gasteiger partial charge in [0, 0.05) is 51.2 Å². The van der Waals surface area contributed by atoms with Crippen LogP contribution in [0.2, 0.25) is 0 Å². The molecule has 3 heterocycles. The van der Waals surface area contributed by atoms with Crippen molar-refractivity contribution < 1.29 is 9.47 Å². The molecule has 1 fully saturated rings. The Bertz CT molecular complexity index is 1110. The highest BCUT2D eigenvalue weighted by atomic mass is 16.5. The van der Waals surface area contributed by atoms with Gasteiger partial charge in [-0.15, -0.1) is 0 Å². The molecule has 1 aliphatic rings. The molecule has 0 N–H and O–H groups in total. The van der Waals surface area contributed by atoms with Gasteiger partial charge in [0.1, 0.15) is 5.82 Å². The second-order valence-corrected chi connectivity index (χ2v) is 7.92. The second kappa shape index (κ2) is 9.95. The predicted molar refractivity (Wildman–Crippen MR) is 124 cm³/mol. The predicted octanol–water partition coefficient (Wildman–Crippen LogP) is 2.11. The van der Waals surface area contributed by atoms with Crippen molar-refractivity contribution in [1.29, 1.82) is 0 Å². The zero-order valence-corrected chi connectivity index (χ0v) is 19.0. The van der Waals surface area contributed by atoms with Gasteiger partial charge in [-0.3, -0.25) is 14.3 Å². The Morgan fingerprint density at radius 1 is 0.938 bits per heavy atom. The minimum atomic E-state index is -0.0371. The Kier molecular flexibility index (Phi) is 6.84. The zero-order chi connectivity index (χ0) is 22.5. The van der Waals surface area contributed by atoms with Gasteiger partial charge in [-0.2, -0.15) is 0 Å². The van der Waals surface area contributed by atoms with E-state index in [1.165, 1.54) is 0 Å². The number of anilines is 1. The summed E-state index contributed by atoms with van der Waals surface area (Å²) in [5.74, 6) is 2.63. The van der Waals surface area contributed by atoms with Gasteiger partial charge < -0.3 is 14.4 Å². The van der Waals surface area contributed by atoms with Crippen LogP contribution in [0.1, 0.15) is 18.7 Å². The van der Waals surface area contributed by atoms with E-state index in [9.17, 15) is 4.79 Å². The third kappa shape index (κ3) is 4.67. The minimum Gasteiger partial charge on any atom is -0.493 e. The number of nitrogens with zero attached hydrogens (tertiary/aromatic N) is 6. The Morgan fingerprint density at radius 3 is 2.28 bits per heavy atom. The first-order chi connectivity index (χ1) is 15.6. The van der Waals surface area contributed by atoms with Crippen LogP contribution in [-0.2, 0) is 6.54 Å². The molecule has 0 unspecified atom stereocenters. The molecule has 0 bridgehead atoms. The van der Waals surface area contributed by atoms with Crippen LogP contribution < -0.4 is 19.9 Å². The van der Waals surface area contributed by atoms with Crippen LogP contribution in [0.5, 0.6) is 11.5 Å². The summed E-state index contributed by atoms with van der Waals surface area (Å²) in [5.41, 5.74) is 0.589. The lowest BCUT2D eigenvalue weighted by Crippen LogP contribution is -2.47. The van der Waals surface area contributed by atoms with Gasteiger partial charge in [-0.05, 0) is 38.4 Å². The second-order valence-electron chi connectivity index (χ2n) is 7.92. The van der Waals surface area contributed by atoms with Crippen LogP contribution in [0, 0.1) is 6.92 Å². The van der Waals surface area contributed by atoms with Crippen molar-refractivity contribution in [3.8, 4) is 11.5 Å². The van der Waals surface area contributed by atoms with Crippen molar-refractivity contribution in [2.24, 2.45) is 0 Å². The fourth-order valence-electron chi connectivity index (χ4n) is 4.15. The number of benzene rings is 1. The number of aryl methyl sites for hydroxylation is 1. The van der Waals surface area contributed by atoms with E-state index in [-0.39, 0.29) is 5.56 Å². The molecule has 4 rings (SSSR count). The van der Waals surface area contributed by atoms with Crippen molar-refractivity contribution in [2.45, 2.75) is 26.3 Å². The molecule has 0 atom stereocenters. The number of rotatable bonds is 8. The number of aromatic nitrogens is 4. The largest absolute Gasteiger partial charge is 0.493 e. The average molecular weight is 439 g/mol. The quantitative estimate of drug-likeness (QED) is 0.495. The lowest BCUT2D eigenvalue weighted by Gasteiger charge is -2.34. The molecular weight excluding hydrogens is 408 g/mol. The fourth-order valence-corrected chi connectivity index (χ4v) is 4.15. The standard InChI is InChI=1S/C23H30N6O3/c1-17-26-19-16-21(32-3)20(31-2)15-18(19)22(30)29(17)10-5-4-9-27-11-13-28(14-12-27)23-24-7-6-8-25-23/h6-8,15-16H,4-5,9-14H2,1-3H3. The molecule has 1 saturated heterocycles.